The molecular weight excluding hydrogens is 188 g/mol. The highest BCUT2D eigenvalue weighted by Gasteiger charge is 2.45. The van der Waals surface area contributed by atoms with E-state index in [4.69, 9.17) is 10.6 Å². The molecule has 5 unspecified atom stereocenters. The van der Waals surface area contributed by atoms with Crippen molar-refractivity contribution in [3.8, 4) is 0 Å². The molecule has 3 fully saturated rings. The molecule has 0 amide bonds. The van der Waals surface area contributed by atoms with Crippen molar-refractivity contribution in [2.24, 2.45) is 29.5 Å². The molecule has 1 aliphatic heterocycles. The zero-order valence-corrected chi connectivity index (χ0v) is 9.32. The monoisotopic (exact) mass is 210 g/mol. The molecule has 0 aromatic heterocycles. The second-order valence-corrected chi connectivity index (χ2v) is 5.65. The van der Waals surface area contributed by atoms with Crippen molar-refractivity contribution in [3.05, 3.63) is 0 Å². The van der Waals surface area contributed by atoms with E-state index < -0.39 is 0 Å². The second kappa shape index (κ2) is 4.04. The van der Waals surface area contributed by atoms with Crippen molar-refractivity contribution in [1.82, 2.24) is 5.43 Å². The molecule has 0 radical (unpaired) electrons. The van der Waals surface area contributed by atoms with E-state index in [1.807, 2.05) is 0 Å². The highest BCUT2D eigenvalue weighted by Crippen LogP contribution is 2.50. The first-order valence-electron chi connectivity index (χ1n) is 6.42. The summed E-state index contributed by atoms with van der Waals surface area (Å²) in [6, 6.07) is 0.516. The van der Waals surface area contributed by atoms with Crippen LogP contribution < -0.4 is 11.3 Å². The smallest absolute Gasteiger partial charge is 0.0510 e. The van der Waals surface area contributed by atoms with Gasteiger partial charge in [0.15, 0.2) is 0 Å². The summed E-state index contributed by atoms with van der Waals surface area (Å²) in [6.07, 6.45) is 7.00. The van der Waals surface area contributed by atoms with E-state index in [2.05, 4.69) is 5.43 Å². The Labute approximate surface area is 91.7 Å². The van der Waals surface area contributed by atoms with Crippen LogP contribution in [0, 0.1) is 23.7 Å². The Morgan fingerprint density at radius 1 is 1.20 bits per heavy atom. The van der Waals surface area contributed by atoms with Crippen molar-refractivity contribution in [2.75, 3.05) is 13.2 Å². The first-order chi connectivity index (χ1) is 7.38. The lowest BCUT2D eigenvalue weighted by atomic mass is 9.78. The number of nitrogens with two attached hydrogens (primary N) is 1. The molecule has 3 aliphatic rings. The number of nitrogens with one attached hydrogen (secondary N) is 1. The van der Waals surface area contributed by atoms with E-state index in [0.717, 1.165) is 31.0 Å². The van der Waals surface area contributed by atoms with Crippen LogP contribution in [-0.2, 0) is 4.74 Å². The Kier molecular flexibility index (Phi) is 2.71. The number of hydrogen-bond donors (Lipinski definition) is 2. The van der Waals surface area contributed by atoms with E-state index in [-0.39, 0.29) is 0 Å². The third-order valence-corrected chi connectivity index (χ3v) is 4.92. The molecule has 3 rings (SSSR count). The predicted molar refractivity (Wildman–Crippen MR) is 59.0 cm³/mol. The van der Waals surface area contributed by atoms with Gasteiger partial charge in [0.2, 0.25) is 0 Å². The maximum absolute atomic E-state index is 5.76. The maximum atomic E-state index is 5.76. The molecule has 3 N–H and O–H groups in total. The highest BCUT2D eigenvalue weighted by molar-refractivity contribution is 4.97. The van der Waals surface area contributed by atoms with Crippen molar-refractivity contribution in [3.63, 3.8) is 0 Å². The molecule has 3 nitrogen and oxygen atoms in total. The fourth-order valence-electron chi connectivity index (χ4n) is 4.18. The molecule has 15 heavy (non-hydrogen) atoms. The minimum atomic E-state index is 0.516. The molecule has 3 heteroatoms. The standard InChI is InChI=1S/C12H22N2O/c13-14-12(10-3-4-15-7-10)11-6-8-1-2-9(11)5-8/h8-12,14H,1-7,13H2. The van der Waals surface area contributed by atoms with Crippen LogP contribution in [-0.4, -0.2) is 19.3 Å². The van der Waals surface area contributed by atoms with E-state index in [0.29, 0.717) is 12.0 Å². The zero-order chi connectivity index (χ0) is 10.3. The second-order valence-electron chi connectivity index (χ2n) is 5.65. The normalized spacial score (nSPS) is 46.2. The molecule has 86 valence electrons. The van der Waals surface area contributed by atoms with Gasteiger partial charge < -0.3 is 4.74 Å². The first kappa shape index (κ1) is 10.1. The van der Waals surface area contributed by atoms with Crippen molar-refractivity contribution >= 4 is 0 Å². The van der Waals surface area contributed by atoms with Crippen molar-refractivity contribution in [1.29, 1.82) is 0 Å². The third kappa shape index (κ3) is 1.71. The van der Waals surface area contributed by atoms with Gasteiger partial charge in [-0.3, -0.25) is 11.3 Å². The molecule has 1 heterocycles. The van der Waals surface area contributed by atoms with Crippen LogP contribution in [0.15, 0.2) is 0 Å². The third-order valence-electron chi connectivity index (χ3n) is 4.92. The lowest BCUT2D eigenvalue weighted by molar-refractivity contribution is 0.147. The lowest BCUT2D eigenvalue weighted by Gasteiger charge is -2.33. The van der Waals surface area contributed by atoms with Crippen molar-refractivity contribution in [2.45, 2.75) is 38.1 Å². The summed E-state index contributed by atoms with van der Waals surface area (Å²) in [6.45, 7) is 1.85. The minimum Gasteiger partial charge on any atom is -0.381 e. The van der Waals surface area contributed by atoms with Crippen LogP contribution in [0.3, 0.4) is 0 Å². The van der Waals surface area contributed by atoms with Gasteiger partial charge >= 0.3 is 0 Å². The van der Waals surface area contributed by atoms with Crippen LogP contribution in [0.5, 0.6) is 0 Å². The van der Waals surface area contributed by atoms with Gasteiger partial charge in [0, 0.05) is 18.6 Å². The molecule has 2 aliphatic carbocycles. The Bertz CT molecular complexity index is 228. The van der Waals surface area contributed by atoms with Crippen LogP contribution >= 0.6 is 0 Å². The van der Waals surface area contributed by atoms with Crippen molar-refractivity contribution < 1.29 is 4.74 Å². The molecule has 5 atom stereocenters. The molecule has 1 saturated heterocycles. The molecular formula is C12H22N2O. The van der Waals surface area contributed by atoms with E-state index >= 15 is 0 Å². The Morgan fingerprint density at radius 3 is 2.67 bits per heavy atom. The number of ether oxygens (including phenoxy) is 1. The fourth-order valence-corrected chi connectivity index (χ4v) is 4.18. The topological polar surface area (TPSA) is 47.3 Å². The summed E-state index contributed by atoms with van der Waals surface area (Å²) in [5.41, 5.74) is 3.09. The van der Waals surface area contributed by atoms with Gasteiger partial charge in [-0.25, -0.2) is 0 Å². The van der Waals surface area contributed by atoms with Gasteiger partial charge in [0.05, 0.1) is 6.61 Å². The lowest BCUT2D eigenvalue weighted by Crippen LogP contribution is -2.48. The quantitative estimate of drug-likeness (QED) is 0.545. The Morgan fingerprint density at radius 2 is 2.13 bits per heavy atom. The molecule has 0 aromatic carbocycles. The Hall–Kier alpha value is -0.120. The van der Waals surface area contributed by atoms with Gasteiger partial charge in [-0.2, -0.15) is 0 Å². The summed E-state index contributed by atoms with van der Waals surface area (Å²) in [4.78, 5) is 0. The summed E-state index contributed by atoms with van der Waals surface area (Å²) < 4.78 is 5.48. The molecule has 2 bridgehead atoms. The van der Waals surface area contributed by atoms with Gasteiger partial charge in [-0.1, -0.05) is 6.42 Å². The molecule has 0 spiro atoms. The van der Waals surface area contributed by atoms with Crippen LogP contribution in [0.4, 0.5) is 0 Å². The zero-order valence-electron chi connectivity index (χ0n) is 9.32. The minimum absolute atomic E-state index is 0.516. The fraction of sp³-hybridized carbons (Fsp3) is 1.00. The van der Waals surface area contributed by atoms with Gasteiger partial charge in [-0.05, 0) is 43.4 Å². The van der Waals surface area contributed by atoms with E-state index in [1.54, 1.807) is 0 Å². The molecule has 2 saturated carbocycles. The van der Waals surface area contributed by atoms with Gasteiger partial charge in [0.1, 0.15) is 0 Å². The van der Waals surface area contributed by atoms with Gasteiger partial charge in [-0.15, -0.1) is 0 Å². The Balaban J connectivity index is 1.68. The van der Waals surface area contributed by atoms with Crippen LogP contribution in [0.1, 0.15) is 32.1 Å². The largest absolute Gasteiger partial charge is 0.381 e. The van der Waals surface area contributed by atoms with Crippen LogP contribution in [0.25, 0.3) is 0 Å². The average Bonchev–Trinajstić information content (AvgIpc) is 2.94. The summed E-state index contributed by atoms with van der Waals surface area (Å²) in [5, 5.41) is 0. The van der Waals surface area contributed by atoms with E-state index in [1.165, 1.54) is 32.1 Å². The predicted octanol–water partition coefficient (Wildman–Crippen LogP) is 1.29. The SMILES string of the molecule is NNC(C1CCOC1)C1CC2CCC1C2. The van der Waals surface area contributed by atoms with Crippen LogP contribution in [0.2, 0.25) is 0 Å². The molecule has 0 aromatic rings. The summed E-state index contributed by atoms with van der Waals surface area (Å²) >= 11 is 0. The van der Waals surface area contributed by atoms with E-state index in [9.17, 15) is 0 Å². The number of rotatable bonds is 3. The summed E-state index contributed by atoms with van der Waals surface area (Å²) in [5.74, 6) is 9.23. The van der Waals surface area contributed by atoms with Gasteiger partial charge in [0.25, 0.3) is 0 Å². The highest BCUT2D eigenvalue weighted by atomic mass is 16.5. The number of fused-ring (bicyclic) bond motifs is 2. The number of hydrazine groups is 1. The first-order valence-corrected chi connectivity index (χ1v) is 6.42. The average molecular weight is 210 g/mol. The number of hydrogen-bond acceptors (Lipinski definition) is 3. The summed E-state index contributed by atoms with van der Waals surface area (Å²) in [7, 11) is 0. The maximum Gasteiger partial charge on any atom is 0.0510 e.